The lowest BCUT2D eigenvalue weighted by molar-refractivity contribution is -0.147. The number of carbonyl (C=O) groups excluding carboxylic acids is 7. The summed E-state index contributed by atoms with van der Waals surface area (Å²) in [5, 5.41) is 51.1. The Kier molecular flexibility index (Phi) is 21.9. The number of nitrogens with zero attached hydrogens (tertiary/aromatic N) is 3. The van der Waals surface area contributed by atoms with Gasteiger partial charge in [-0.3, -0.25) is 52.9 Å². The van der Waals surface area contributed by atoms with Gasteiger partial charge in [-0.05, 0) is 69.0 Å². The van der Waals surface area contributed by atoms with Gasteiger partial charge in [-0.1, -0.05) is 17.7 Å². The van der Waals surface area contributed by atoms with Gasteiger partial charge in [0.15, 0.2) is 16.9 Å². The highest BCUT2D eigenvalue weighted by molar-refractivity contribution is 5.99. The summed E-state index contributed by atoms with van der Waals surface area (Å²) in [4.78, 5) is 166. The first-order valence-electron chi connectivity index (χ1n) is 23.2. The van der Waals surface area contributed by atoms with E-state index in [0.29, 0.717) is 23.4 Å². The third kappa shape index (κ3) is 19.1. The summed E-state index contributed by atoms with van der Waals surface area (Å²) in [5.74, 6) is -16.4. The van der Waals surface area contributed by atoms with Crippen molar-refractivity contribution in [1.29, 1.82) is 0 Å². The van der Waals surface area contributed by atoms with Crippen LogP contribution in [0.1, 0.15) is 96.2 Å². The number of anilines is 2. The number of aryl methyl sites for hydroxylation is 1. The highest BCUT2D eigenvalue weighted by atomic mass is 16.5. The molecule has 5 atom stereocenters. The third-order valence-electron chi connectivity index (χ3n) is 11.3. The number of H-pyrrole nitrogens is 1. The second kappa shape index (κ2) is 28.2. The molecule has 75 heavy (non-hydrogen) atoms. The Bertz CT molecular complexity index is 2840. The number of amides is 4. The summed E-state index contributed by atoms with van der Waals surface area (Å²) in [7, 11) is 1.04. The molecular formula is C48H56N10O17. The number of ketones is 2. The van der Waals surface area contributed by atoms with Crippen molar-refractivity contribution in [3.8, 4) is 0 Å². The van der Waals surface area contributed by atoms with Crippen molar-refractivity contribution >= 4 is 87.8 Å². The minimum absolute atomic E-state index is 0.0208. The Morgan fingerprint density at radius 3 is 1.87 bits per heavy atom. The average Bonchev–Trinajstić information content (AvgIpc) is 3.35. The third-order valence-corrected chi connectivity index (χ3v) is 11.3. The van der Waals surface area contributed by atoms with Crippen molar-refractivity contribution < 1.29 is 77.9 Å². The lowest BCUT2D eigenvalue weighted by Crippen LogP contribution is -2.48. The van der Waals surface area contributed by atoms with Crippen LogP contribution in [0.4, 0.5) is 11.6 Å². The van der Waals surface area contributed by atoms with Gasteiger partial charge in [0.2, 0.25) is 17.8 Å². The Morgan fingerprint density at radius 2 is 1.27 bits per heavy atom. The largest absolute Gasteiger partial charge is 0.481 e. The highest BCUT2D eigenvalue weighted by Crippen LogP contribution is 2.19. The number of aromatic amines is 1. The molecule has 2 aromatic heterocycles. The van der Waals surface area contributed by atoms with Gasteiger partial charge in [-0.2, -0.15) is 4.98 Å². The van der Waals surface area contributed by atoms with Gasteiger partial charge >= 0.3 is 29.8 Å². The summed E-state index contributed by atoms with van der Waals surface area (Å²) < 4.78 is 4.78. The van der Waals surface area contributed by atoms with Crippen LogP contribution in [0.15, 0.2) is 59.5 Å². The highest BCUT2D eigenvalue weighted by Gasteiger charge is 2.35. The number of Topliss-reactive ketones (excluding diaryl/α,β-unsaturated/α-hetero) is 2. The molecule has 0 bridgehead atoms. The summed E-state index contributed by atoms with van der Waals surface area (Å²) >= 11 is 0. The SMILES string of the molecule is COC(=O)[C@H](CCCCNC(=O)c1ccc(C)cc1)NC(=O)[C@H](CC(=O)O)CC(=O)[C@H](CC(=O)O)NC(=O)[C@H](CC(=O)O)CC(=O)CC[C@H](NC(=O)c1ccc(NCc2cnc3nc(N)[nH]c(=O)c3n2)cc1)C(=O)O. The molecule has 400 valence electrons. The molecule has 27 heteroatoms. The molecule has 0 aliphatic carbocycles. The van der Waals surface area contributed by atoms with Crippen molar-refractivity contribution in [3.05, 3.63) is 87.5 Å². The number of nitrogens with two attached hydrogens (primary N) is 1. The Balaban J connectivity index is 1.33. The number of carbonyl (C=O) groups is 11. The van der Waals surface area contributed by atoms with E-state index in [1.807, 2.05) is 6.92 Å². The number of fused-ring (bicyclic) bond motifs is 1. The maximum atomic E-state index is 13.6. The van der Waals surface area contributed by atoms with Crippen LogP contribution in [0.25, 0.3) is 11.2 Å². The maximum Gasteiger partial charge on any atom is 0.328 e. The number of methoxy groups -OCH3 is 1. The topological polar surface area (TPSA) is 436 Å². The fourth-order valence-electron chi connectivity index (χ4n) is 7.36. The monoisotopic (exact) mass is 1040 g/mol. The molecule has 0 radical (unpaired) electrons. The second-order valence-corrected chi connectivity index (χ2v) is 17.2. The molecule has 0 saturated heterocycles. The molecule has 0 aliphatic heterocycles. The number of hydrogen-bond acceptors (Lipinski definition) is 18. The maximum absolute atomic E-state index is 13.6. The van der Waals surface area contributed by atoms with Crippen molar-refractivity contribution in [2.45, 2.75) is 95.8 Å². The van der Waals surface area contributed by atoms with Crippen molar-refractivity contribution in [1.82, 2.24) is 41.2 Å². The van der Waals surface area contributed by atoms with Crippen molar-refractivity contribution in [3.63, 3.8) is 0 Å². The smallest absolute Gasteiger partial charge is 0.328 e. The number of esters is 1. The number of carboxylic acids is 4. The molecular weight excluding hydrogens is 989 g/mol. The van der Waals surface area contributed by atoms with Crippen LogP contribution in [-0.2, 0) is 54.4 Å². The molecule has 4 amide bonds. The summed E-state index contributed by atoms with van der Waals surface area (Å²) in [5.41, 5.74) is 7.24. The summed E-state index contributed by atoms with van der Waals surface area (Å²) in [6.45, 7) is 2.16. The number of aromatic nitrogens is 4. The van der Waals surface area contributed by atoms with E-state index in [2.05, 4.69) is 46.5 Å². The fourth-order valence-corrected chi connectivity index (χ4v) is 7.36. The van der Waals surface area contributed by atoms with E-state index in [0.717, 1.165) is 12.7 Å². The molecule has 27 nitrogen and oxygen atoms in total. The Morgan fingerprint density at radius 1 is 0.680 bits per heavy atom. The number of unbranched alkanes of at least 4 members (excludes halogenated alkanes) is 1. The van der Waals surface area contributed by atoms with Crippen LogP contribution in [-0.4, -0.2) is 137 Å². The number of ether oxygens (including phenoxy) is 1. The normalized spacial score (nSPS) is 12.9. The predicted octanol–water partition coefficient (Wildman–Crippen LogP) is 0.497. The molecule has 4 aromatic rings. The van der Waals surface area contributed by atoms with E-state index in [4.69, 9.17) is 10.5 Å². The van der Waals surface area contributed by atoms with Gasteiger partial charge in [-0.15, -0.1) is 0 Å². The van der Waals surface area contributed by atoms with E-state index < -0.39 is 140 Å². The molecule has 0 saturated carbocycles. The van der Waals surface area contributed by atoms with E-state index in [1.165, 1.54) is 30.5 Å². The van der Waals surface area contributed by atoms with Crippen LogP contribution in [0.5, 0.6) is 0 Å². The minimum atomic E-state index is -1.97. The number of nitrogen functional groups attached to an aromatic ring is 1. The Hall–Kier alpha value is -9.17. The first-order valence-corrected chi connectivity index (χ1v) is 23.2. The van der Waals surface area contributed by atoms with Crippen LogP contribution in [0.3, 0.4) is 0 Å². The number of benzene rings is 2. The summed E-state index contributed by atoms with van der Waals surface area (Å²) in [6.07, 6.45) is -4.14. The van der Waals surface area contributed by atoms with Crippen LogP contribution >= 0.6 is 0 Å². The van der Waals surface area contributed by atoms with Gasteiger partial charge in [0, 0.05) is 42.6 Å². The van der Waals surface area contributed by atoms with E-state index >= 15 is 0 Å². The van der Waals surface area contributed by atoms with Crippen LogP contribution < -0.4 is 37.9 Å². The van der Waals surface area contributed by atoms with Crippen LogP contribution in [0.2, 0.25) is 0 Å². The van der Waals surface area contributed by atoms with E-state index in [9.17, 15) is 78.0 Å². The summed E-state index contributed by atoms with van der Waals surface area (Å²) in [6, 6.07) is 7.61. The zero-order valence-electron chi connectivity index (χ0n) is 40.6. The lowest BCUT2D eigenvalue weighted by Gasteiger charge is -2.23. The zero-order valence-corrected chi connectivity index (χ0v) is 40.6. The van der Waals surface area contributed by atoms with E-state index in [-0.39, 0.29) is 54.5 Å². The van der Waals surface area contributed by atoms with E-state index in [1.54, 1.807) is 24.3 Å². The Labute approximate surface area is 425 Å². The molecule has 0 aliphatic rings. The van der Waals surface area contributed by atoms with Gasteiger partial charge in [-0.25, -0.2) is 19.6 Å². The first-order chi connectivity index (χ1) is 35.5. The standard InChI is InChI=1S/C48H56N10O17/c1-24-6-8-25(9-7-24)41(67)50-16-4-3-5-33(47(74)75-2)55-44(70)28(20-37(63)64)18-35(60)34(21-38(65)66)56-43(69)27(19-36(61)62)17-31(59)14-15-32(46(72)73)54-42(68)26-10-12-29(13-11-26)51-22-30-23-52-40-39(53-30)45(71)58-48(49)57-40/h6-13,23,27-28,32-34,51H,3-5,14-22H2,1-2H3,(H,50,67)(H,54,68)(H,55,70)(H,56,69)(H,61,62)(H,63,64)(H,65,66)(H,72,73)(H3,49,52,57,58,71)/t27-,28-,32-,33-,34-/m0/s1. The van der Waals surface area contributed by atoms with Crippen molar-refractivity contribution in [2.24, 2.45) is 11.8 Å². The number of nitrogens with one attached hydrogen (secondary N) is 6. The number of rotatable bonds is 31. The molecule has 12 N–H and O–H groups in total. The molecule has 4 rings (SSSR count). The number of hydrogen-bond donors (Lipinski definition) is 11. The lowest BCUT2D eigenvalue weighted by atomic mass is 9.91. The first kappa shape index (κ1) is 58.4. The molecule has 0 spiro atoms. The van der Waals surface area contributed by atoms with Gasteiger partial charge in [0.05, 0.1) is 62.7 Å². The van der Waals surface area contributed by atoms with Gasteiger partial charge in [0.1, 0.15) is 17.9 Å². The zero-order chi connectivity index (χ0) is 55.4. The van der Waals surface area contributed by atoms with Gasteiger partial charge in [0.25, 0.3) is 17.4 Å². The number of carboxylic acid groups (broad SMARTS) is 4. The van der Waals surface area contributed by atoms with Gasteiger partial charge < -0.3 is 57.5 Å². The minimum Gasteiger partial charge on any atom is -0.481 e. The van der Waals surface area contributed by atoms with Crippen molar-refractivity contribution in [2.75, 3.05) is 24.7 Å². The molecule has 0 unspecified atom stereocenters. The predicted molar refractivity (Wildman–Crippen MR) is 260 cm³/mol. The quantitative estimate of drug-likeness (QED) is 0.0241. The average molecular weight is 1050 g/mol. The van der Waals surface area contributed by atoms with Crippen LogP contribution in [0, 0.1) is 18.8 Å². The molecule has 2 heterocycles. The molecule has 2 aromatic carbocycles. The fraction of sp³-hybridized carbons (Fsp3) is 0.396. The second-order valence-electron chi connectivity index (χ2n) is 17.2. The molecule has 0 fully saturated rings. The number of aliphatic carboxylic acids is 4.